The van der Waals surface area contributed by atoms with Crippen LogP contribution in [0.3, 0.4) is 0 Å². The molecule has 0 spiro atoms. The number of carbonyl (C=O) groups excluding carboxylic acids is 2. The number of hydrogen-bond acceptors (Lipinski definition) is 4. The van der Waals surface area contributed by atoms with Crippen molar-refractivity contribution in [2.24, 2.45) is 0 Å². The van der Waals surface area contributed by atoms with Gasteiger partial charge in [0.05, 0.1) is 29.5 Å². The van der Waals surface area contributed by atoms with Gasteiger partial charge in [0.15, 0.2) is 5.54 Å². The second kappa shape index (κ2) is 8.78. The fourth-order valence-corrected chi connectivity index (χ4v) is 3.37. The first-order valence-corrected chi connectivity index (χ1v) is 9.49. The number of aliphatic hydroxyl groups is 1. The van der Waals surface area contributed by atoms with Crippen molar-refractivity contribution in [3.05, 3.63) is 64.7 Å². The summed E-state index contributed by atoms with van der Waals surface area (Å²) in [6, 6.07) is 9.71. The van der Waals surface area contributed by atoms with Gasteiger partial charge in [-0.2, -0.15) is 18.4 Å². The molecule has 1 unspecified atom stereocenters. The molecule has 0 aromatic heterocycles. The number of aliphatic hydroxyl groups excluding tert-OH is 1. The Morgan fingerprint density at radius 1 is 1.10 bits per heavy atom. The van der Waals surface area contributed by atoms with E-state index in [1.807, 2.05) is 20.8 Å². The third-order valence-corrected chi connectivity index (χ3v) is 5.05. The van der Waals surface area contributed by atoms with Crippen LogP contribution in [0.25, 0.3) is 0 Å². The number of imide groups is 1. The molecule has 3 amide bonds. The highest BCUT2D eigenvalue weighted by Gasteiger charge is 2.57. The highest BCUT2D eigenvalue weighted by atomic mass is 19.4. The maximum atomic E-state index is 13.3. The van der Waals surface area contributed by atoms with Crippen molar-refractivity contribution in [3.8, 4) is 6.07 Å². The van der Waals surface area contributed by atoms with Gasteiger partial charge in [-0.05, 0) is 30.7 Å². The van der Waals surface area contributed by atoms with E-state index < -0.39 is 41.4 Å². The number of alkyl halides is 3. The average molecular weight is 433 g/mol. The van der Waals surface area contributed by atoms with E-state index in [9.17, 15) is 27.9 Å². The molecule has 0 radical (unpaired) electrons. The number of rotatable bonds is 3. The van der Waals surface area contributed by atoms with Crippen LogP contribution < -0.4 is 4.90 Å². The number of hydrogen-bond donors (Lipinski definition) is 1. The van der Waals surface area contributed by atoms with Crippen LogP contribution in [0.15, 0.2) is 42.5 Å². The van der Waals surface area contributed by atoms with Crippen LogP contribution in [0, 0.1) is 18.3 Å². The Morgan fingerprint density at radius 3 is 2.16 bits per heavy atom. The molecule has 3 rings (SSSR count). The van der Waals surface area contributed by atoms with Crippen molar-refractivity contribution < 1.29 is 27.9 Å². The molecule has 1 aliphatic rings. The zero-order chi connectivity index (χ0) is 23.6. The molecular weight excluding hydrogens is 411 g/mol. The summed E-state index contributed by atoms with van der Waals surface area (Å²) in [5.74, 6) is -0.880. The number of halogens is 3. The van der Waals surface area contributed by atoms with Gasteiger partial charge in [-0.25, -0.2) is 9.69 Å². The highest BCUT2D eigenvalue weighted by molar-refractivity contribution is 6.23. The summed E-state index contributed by atoms with van der Waals surface area (Å²) in [6.45, 7) is 5.07. The first-order valence-electron chi connectivity index (χ1n) is 9.49. The number of likely N-dealkylation sites (N-methyl/N-ethyl adjacent to an activating group) is 1. The summed E-state index contributed by atoms with van der Waals surface area (Å²) in [7, 11) is 1.30. The predicted octanol–water partition coefficient (Wildman–Crippen LogP) is 4.20. The Bertz CT molecular complexity index is 1030. The van der Waals surface area contributed by atoms with Crippen LogP contribution in [0.5, 0.6) is 0 Å². The van der Waals surface area contributed by atoms with E-state index in [2.05, 4.69) is 0 Å². The summed E-state index contributed by atoms with van der Waals surface area (Å²) in [5.41, 5.74) is -2.76. The van der Waals surface area contributed by atoms with Crippen molar-refractivity contribution in [1.82, 2.24) is 4.90 Å². The lowest BCUT2D eigenvalue weighted by atomic mass is 9.88. The number of aryl methyl sites for hydroxylation is 1. The Kier molecular flexibility index (Phi) is 6.76. The number of benzene rings is 2. The third-order valence-electron chi connectivity index (χ3n) is 5.05. The minimum Gasteiger partial charge on any atom is -0.393 e. The lowest BCUT2D eigenvalue weighted by molar-refractivity contribution is -0.137. The second-order valence-electron chi connectivity index (χ2n) is 6.71. The van der Waals surface area contributed by atoms with Crippen molar-refractivity contribution in [3.63, 3.8) is 0 Å². The molecule has 1 atom stereocenters. The summed E-state index contributed by atoms with van der Waals surface area (Å²) < 4.78 is 39.9. The summed E-state index contributed by atoms with van der Waals surface area (Å²) in [6.07, 6.45) is -4.84. The van der Waals surface area contributed by atoms with Gasteiger partial charge in [-0.1, -0.05) is 43.7 Å². The largest absolute Gasteiger partial charge is 0.417 e. The van der Waals surface area contributed by atoms with Crippen molar-refractivity contribution in [1.29, 1.82) is 5.26 Å². The zero-order valence-electron chi connectivity index (χ0n) is 17.5. The van der Waals surface area contributed by atoms with Gasteiger partial charge in [-0.15, -0.1) is 0 Å². The molecule has 0 bridgehead atoms. The van der Waals surface area contributed by atoms with Crippen molar-refractivity contribution in [2.45, 2.75) is 32.5 Å². The van der Waals surface area contributed by atoms with Crippen LogP contribution in [0.1, 0.15) is 36.1 Å². The van der Waals surface area contributed by atoms with Crippen molar-refractivity contribution >= 4 is 17.6 Å². The first-order chi connectivity index (χ1) is 14.6. The lowest BCUT2D eigenvalue weighted by Crippen LogP contribution is -2.48. The van der Waals surface area contributed by atoms with Crippen LogP contribution >= 0.6 is 0 Å². The van der Waals surface area contributed by atoms with E-state index in [-0.39, 0.29) is 5.69 Å². The minimum atomic E-state index is -4.84. The minimum absolute atomic E-state index is 0.332. The quantitative estimate of drug-likeness (QED) is 0.736. The number of urea groups is 1. The zero-order valence-corrected chi connectivity index (χ0v) is 17.5. The number of nitrogens with zero attached hydrogens (tertiary/aromatic N) is 3. The van der Waals surface area contributed by atoms with Crippen LogP contribution in [-0.2, 0) is 16.5 Å². The van der Waals surface area contributed by atoms with Crippen LogP contribution in [-0.4, -0.2) is 35.6 Å². The number of carbonyl (C=O) groups is 2. The molecule has 2 aromatic rings. The average Bonchev–Trinajstić information content (AvgIpc) is 2.95. The molecule has 1 N–H and O–H groups in total. The molecule has 1 heterocycles. The lowest BCUT2D eigenvalue weighted by Gasteiger charge is -2.31. The normalized spacial score (nSPS) is 18.5. The predicted molar refractivity (Wildman–Crippen MR) is 108 cm³/mol. The molecule has 6 nitrogen and oxygen atoms in total. The Hall–Kier alpha value is -3.38. The summed E-state index contributed by atoms with van der Waals surface area (Å²) in [4.78, 5) is 27.7. The third kappa shape index (κ3) is 3.86. The molecule has 1 aliphatic heterocycles. The standard InChI is InChI=1S/C20H16F3N3O3.C2H6/c1-12-3-6-14(7-4-12)19(11-27)17(28)26(18(29)25(19)2)15-8-5-13(10-24)16(9-15)20(21,22)23;1-2/h3-9,27H,11H2,1-2H3;1-2H3. The van der Waals surface area contributed by atoms with E-state index in [4.69, 9.17) is 5.26 Å². The van der Waals surface area contributed by atoms with Gasteiger partial charge in [-0.3, -0.25) is 4.79 Å². The topological polar surface area (TPSA) is 84.6 Å². The second-order valence-corrected chi connectivity index (χ2v) is 6.71. The molecule has 9 heteroatoms. The molecular formula is C22H22F3N3O3. The van der Waals surface area contributed by atoms with E-state index in [1.54, 1.807) is 24.3 Å². The van der Waals surface area contributed by atoms with Gasteiger partial charge in [0.1, 0.15) is 0 Å². The first kappa shape index (κ1) is 23.9. The molecule has 1 saturated heterocycles. The van der Waals surface area contributed by atoms with Crippen LogP contribution in [0.2, 0.25) is 0 Å². The molecule has 2 aromatic carbocycles. The Labute approximate surface area is 178 Å². The maximum absolute atomic E-state index is 13.3. The molecule has 1 fully saturated rings. The van der Waals surface area contributed by atoms with Gasteiger partial charge < -0.3 is 10.0 Å². The fraction of sp³-hybridized carbons (Fsp3) is 0.318. The summed E-state index contributed by atoms with van der Waals surface area (Å²) in [5, 5.41) is 19.0. The van der Waals surface area contributed by atoms with E-state index in [0.717, 1.165) is 22.6 Å². The maximum Gasteiger partial charge on any atom is 0.417 e. The number of amides is 3. The fourth-order valence-electron chi connectivity index (χ4n) is 3.37. The number of anilines is 1. The van der Waals surface area contributed by atoms with Gasteiger partial charge >= 0.3 is 12.2 Å². The van der Waals surface area contributed by atoms with E-state index >= 15 is 0 Å². The van der Waals surface area contributed by atoms with Crippen molar-refractivity contribution in [2.75, 3.05) is 18.6 Å². The van der Waals surface area contributed by atoms with Gasteiger partial charge in [0.25, 0.3) is 5.91 Å². The highest BCUT2D eigenvalue weighted by Crippen LogP contribution is 2.41. The molecule has 0 aliphatic carbocycles. The smallest absolute Gasteiger partial charge is 0.393 e. The molecule has 31 heavy (non-hydrogen) atoms. The van der Waals surface area contributed by atoms with E-state index in [1.165, 1.54) is 13.1 Å². The summed E-state index contributed by atoms with van der Waals surface area (Å²) >= 11 is 0. The van der Waals surface area contributed by atoms with Crippen LogP contribution in [0.4, 0.5) is 23.7 Å². The monoisotopic (exact) mass is 433 g/mol. The Balaban J connectivity index is 0.00000166. The number of nitriles is 1. The molecule has 164 valence electrons. The SMILES string of the molecule is CC.Cc1ccc(C2(CO)C(=O)N(c3ccc(C#N)c(C(F)(F)F)c3)C(=O)N2C)cc1. The van der Waals surface area contributed by atoms with Gasteiger partial charge in [0.2, 0.25) is 0 Å². The molecule has 0 saturated carbocycles. The Morgan fingerprint density at radius 2 is 1.68 bits per heavy atom. The van der Waals surface area contributed by atoms with Gasteiger partial charge in [0, 0.05) is 7.05 Å². The van der Waals surface area contributed by atoms with E-state index in [0.29, 0.717) is 16.5 Å².